The van der Waals surface area contributed by atoms with Crippen molar-refractivity contribution in [1.29, 1.82) is 0 Å². The van der Waals surface area contributed by atoms with Gasteiger partial charge in [0, 0.05) is 121 Å². The zero-order valence-electron chi connectivity index (χ0n) is 73.5. The monoisotopic (exact) mass is 1740 g/mol. The molecule has 0 saturated heterocycles. The molecule has 0 radical (unpaired) electrons. The van der Waals surface area contributed by atoms with E-state index in [1.807, 2.05) is 78.9 Å². The average molecular weight is 1740 g/mol. The Bertz CT molecular complexity index is 8400. The Morgan fingerprint density at radius 1 is 0.169 bits per heavy atom. The van der Waals surface area contributed by atoms with Crippen LogP contribution in [0.2, 0.25) is 0 Å². The minimum atomic E-state index is 0.604. The molecular formula is C125H79N9O2. The number of benzene rings is 18. The van der Waals surface area contributed by atoms with Gasteiger partial charge < -0.3 is 18.0 Å². The molecule has 0 aliphatic carbocycles. The molecule has 0 saturated carbocycles. The first-order valence-electron chi connectivity index (χ1n) is 45.7. The topological polar surface area (TPSA) is 126 Å². The number of fused-ring (bicyclic) bond motifs is 12. The van der Waals surface area contributed by atoms with E-state index in [1.54, 1.807) is 0 Å². The van der Waals surface area contributed by atoms with Crippen LogP contribution in [0.5, 0.6) is 0 Å². The van der Waals surface area contributed by atoms with Crippen LogP contribution in [0, 0.1) is 0 Å². The van der Waals surface area contributed by atoms with Crippen LogP contribution in [-0.2, 0) is 0 Å². The molecule has 0 atom stereocenters. The molecule has 0 aliphatic heterocycles. The smallest absolute Gasteiger partial charge is 0.164 e. The van der Waals surface area contributed by atoms with Crippen LogP contribution >= 0.6 is 0 Å². The Hall–Kier alpha value is -18.5. The number of para-hydroxylation sites is 6. The lowest BCUT2D eigenvalue weighted by molar-refractivity contribution is 0.632. The van der Waals surface area contributed by atoms with Crippen LogP contribution in [0.3, 0.4) is 0 Å². The van der Waals surface area contributed by atoms with Crippen LogP contribution in [-0.4, -0.2) is 44.0 Å². The number of furan rings is 2. The second-order valence-corrected chi connectivity index (χ2v) is 34.1. The normalized spacial score (nSPS) is 11.5. The summed E-state index contributed by atoms with van der Waals surface area (Å²) < 4.78 is 18.6. The summed E-state index contributed by atoms with van der Waals surface area (Å²) in [6.07, 6.45) is 0. The molecule has 0 amide bonds. The summed E-state index contributed by atoms with van der Waals surface area (Å²) in [5.41, 5.74) is 31.9. The van der Waals surface area contributed by atoms with E-state index in [9.17, 15) is 0 Å². The van der Waals surface area contributed by atoms with E-state index in [0.717, 1.165) is 201 Å². The molecule has 0 spiro atoms. The van der Waals surface area contributed by atoms with Crippen LogP contribution in [0.25, 0.3) is 256 Å². The quantitative estimate of drug-likeness (QED) is 0.0929. The van der Waals surface area contributed by atoms with Crippen molar-refractivity contribution in [3.05, 3.63) is 479 Å². The molecule has 11 heteroatoms. The highest BCUT2D eigenvalue weighted by molar-refractivity contribution is 6.20. The maximum Gasteiger partial charge on any atom is 0.164 e. The van der Waals surface area contributed by atoms with Gasteiger partial charge in [0.05, 0.1) is 44.5 Å². The third-order valence-electron chi connectivity index (χ3n) is 25.9. The minimum absolute atomic E-state index is 0.604. The minimum Gasteiger partial charge on any atom is -0.453 e. The number of rotatable bonds is 16. The SMILES string of the molecule is c1ccc(-c2nc(-c3ccc(-c4ccc(-c5nc6ccccc6c6c(-c7ccccc7)c(-c7ccccc7)oc56)cc4)cc3)cc(-c3cccc(-n4c5ccccc5c5ccccc54)c3)n2)cc1.c1ccc(-c2nc(-c3ccc(-c4ccc(-c5nc6ccccc6c6c(-c7ccccc7)c(-c7ccccc7)oc56)cc4)cc3)nc(-c3cccc(-n4c5ccccc5c5ccccc54)c3)n2)cc1. The molecule has 0 bridgehead atoms. The fourth-order valence-electron chi connectivity index (χ4n) is 19.4. The van der Waals surface area contributed by atoms with Crippen molar-refractivity contribution in [2.24, 2.45) is 0 Å². The largest absolute Gasteiger partial charge is 0.453 e. The van der Waals surface area contributed by atoms with Crippen LogP contribution < -0.4 is 0 Å². The van der Waals surface area contributed by atoms with Crippen LogP contribution in [0.4, 0.5) is 0 Å². The zero-order valence-corrected chi connectivity index (χ0v) is 73.5. The van der Waals surface area contributed by atoms with Gasteiger partial charge in [0.2, 0.25) is 0 Å². The van der Waals surface area contributed by atoms with E-state index in [1.165, 1.54) is 32.6 Å². The number of hydrogen-bond donors (Lipinski definition) is 0. The highest BCUT2D eigenvalue weighted by atomic mass is 16.3. The van der Waals surface area contributed by atoms with E-state index in [0.29, 0.717) is 23.3 Å². The van der Waals surface area contributed by atoms with Gasteiger partial charge >= 0.3 is 0 Å². The Kier molecular flexibility index (Phi) is 20.0. The molecule has 0 fully saturated rings. The second kappa shape index (κ2) is 34.1. The van der Waals surface area contributed by atoms with Gasteiger partial charge in [-0.15, -0.1) is 0 Å². The van der Waals surface area contributed by atoms with Gasteiger partial charge in [-0.3, -0.25) is 0 Å². The van der Waals surface area contributed by atoms with Crippen LogP contribution in [0.15, 0.2) is 488 Å². The molecule has 18 aromatic carbocycles. The maximum atomic E-state index is 6.96. The van der Waals surface area contributed by atoms with Crippen molar-refractivity contribution in [2.75, 3.05) is 0 Å². The van der Waals surface area contributed by atoms with Crippen molar-refractivity contribution >= 4 is 87.4 Å². The van der Waals surface area contributed by atoms with Gasteiger partial charge in [-0.2, -0.15) is 0 Å². The first kappa shape index (κ1) is 79.7. The number of pyridine rings is 2. The highest BCUT2D eigenvalue weighted by Crippen LogP contribution is 2.50. The summed E-state index contributed by atoms with van der Waals surface area (Å²) >= 11 is 0. The molecule has 26 rings (SSSR count). The number of aromatic nitrogens is 9. The van der Waals surface area contributed by atoms with E-state index in [4.69, 9.17) is 43.7 Å². The zero-order chi connectivity index (χ0) is 89.9. The molecule has 8 aromatic heterocycles. The number of nitrogens with zero attached hydrogens (tertiary/aromatic N) is 9. The Morgan fingerprint density at radius 2 is 0.434 bits per heavy atom. The van der Waals surface area contributed by atoms with Crippen molar-refractivity contribution < 1.29 is 8.83 Å². The summed E-state index contributed by atoms with van der Waals surface area (Å²) in [6.45, 7) is 0. The van der Waals surface area contributed by atoms with Gasteiger partial charge in [0.15, 0.2) is 34.5 Å². The molecule has 0 N–H and O–H groups in total. The standard InChI is InChI=1S/C63H40N4O.C62H39N5O/c1-4-17-44(18-5-1)58-59-52-27-10-13-28-53(52)64-60(62(59)68-61(58)46-19-6-2-7-20-46)45-37-33-42(34-38-45)41-31-35-43(36-32-41)54-40-55(66-63(65-54)47-21-8-3-9-22-47)48-23-16-24-49(39-48)67-56-29-14-11-25-50(56)51-26-12-15-30-57(51)67;1-4-17-42(18-5-1)55-56-51-27-10-13-28-52(51)63-57(59(56)68-58(55)44-19-6-2-7-20-44)43-35-31-40(32-36-43)41-33-37-46(38-34-41)61-64-60(45-21-8-3-9-22-45)65-62(66-61)47-23-16-24-48(39-47)67-53-29-14-11-25-49(53)50-26-12-15-30-54(50)67/h1-40H;1-39H. The molecule has 8 heterocycles. The van der Waals surface area contributed by atoms with E-state index in [-0.39, 0.29) is 0 Å². The predicted octanol–water partition coefficient (Wildman–Crippen LogP) is 32.5. The maximum absolute atomic E-state index is 6.96. The summed E-state index contributed by atoms with van der Waals surface area (Å²) in [5, 5.41) is 9.14. The Morgan fingerprint density at radius 3 is 0.816 bits per heavy atom. The lowest BCUT2D eigenvalue weighted by atomic mass is 9.95. The van der Waals surface area contributed by atoms with E-state index in [2.05, 4.69) is 410 Å². The summed E-state index contributed by atoms with van der Waals surface area (Å²) in [4.78, 5) is 36.1. The molecule has 26 aromatic rings. The lowest BCUT2D eigenvalue weighted by Crippen LogP contribution is -2.01. The molecule has 136 heavy (non-hydrogen) atoms. The summed E-state index contributed by atoms with van der Waals surface area (Å²) in [5.74, 6) is 4.18. The van der Waals surface area contributed by atoms with E-state index < -0.39 is 0 Å². The lowest BCUT2D eigenvalue weighted by Gasteiger charge is -2.12. The van der Waals surface area contributed by atoms with E-state index >= 15 is 0 Å². The fourth-order valence-corrected chi connectivity index (χ4v) is 19.4. The first-order chi connectivity index (χ1) is 67.4. The first-order valence-corrected chi connectivity index (χ1v) is 45.7. The van der Waals surface area contributed by atoms with Crippen molar-refractivity contribution in [2.45, 2.75) is 0 Å². The van der Waals surface area contributed by atoms with Gasteiger partial charge in [-0.05, 0) is 100 Å². The Labute approximate surface area is 783 Å². The van der Waals surface area contributed by atoms with Crippen molar-refractivity contribution in [1.82, 2.24) is 44.0 Å². The van der Waals surface area contributed by atoms with Gasteiger partial charge in [-0.25, -0.2) is 34.9 Å². The third-order valence-corrected chi connectivity index (χ3v) is 25.9. The van der Waals surface area contributed by atoms with Gasteiger partial charge in [0.1, 0.15) is 22.9 Å². The third kappa shape index (κ3) is 14.5. The fraction of sp³-hybridized carbons (Fsp3) is 0. The summed E-state index contributed by atoms with van der Waals surface area (Å²) in [6, 6.07) is 167. The summed E-state index contributed by atoms with van der Waals surface area (Å²) in [7, 11) is 0. The van der Waals surface area contributed by atoms with Crippen molar-refractivity contribution in [3.63, 3.8) is 0 Å². The van der Waals surface area contributed by atoms with Gasteiger partial charge in [0.25, 0.3) is 0 Å². The predicted molar refractivity (Wildman–Crippen MR) is 557 cm³/mol. The van der Waals surface area contributed by atoms with Crippen molar-refractivity contribution in [3.8, 4) is 169 Å². The number of hydrogen-bond acceptors (Lipinski definition) is 9. The molecule has 636 valence electrons. The molecule has 0 aliphatic rings. The Balaban J connectivity index is 0.000000145. The highest BCUT2D eigenvalue weighted by Gasteiger charge is 2.28. The molecular weight excluding hydrogens is 1660 g/mol. The van der Waals surface area contributed by atoms with Crippen LogP contribution in [0.1, 0.15) is 0 Å². The van der Waals surface area contributed by atoms with Gasteiger partial charge in [-0.1, -0.05) is 413 Å². The average Bonchev–Trinajstić information content (AvgIpc) is 1.57. The molecule has 11 nitrogen and oxygen atoms in total. The second-order valence-electron chi connectivity index (χ2n) is 34.1. The molecule has 0 unspecified atom stereocenters.